The lowest BCUT2D eigenvalue weighted by molar-refractivity contribution is -0.135. The van der Waals surface area contributed by atoms with Gasteiger partial charge in [-0.05, 0) is 41.0 Å². The monoisotopic (exact) mass is 343 g/mol. The minimum absolute atomic E-state index is 0.0362. The molecular weight excluding hydrogens is 322 g/mol. The van der Waals surface area contributed by atoms with Crippen molar-refractivity contribution in [3.63, 3.8) is 0 Å². The number of hydrogen-bond donors (Lipinski definition) is 0. The summed E-state index contributed by atoms with van der Waals surface area (Å²) in [6, 6.07) is 6.17. The lowest BCUT2D eigenvalue weighted by atomic mass is 10.1. The molecule has 1 aromatic carbocycles. The van der Waals surface area contributed by atoms with Gasteiger partial charge in [0, 0.05) is 12.6 Å². The summed E-state index contributed by atoms with van der Waals surface area (Å²) in [5.41, 5.74) is 1.04. The zero-order chi connectivity index (χ0) is 17.1. The van der Waals surface area contributed by atoms with E-state index in [0.29, 0.717) is 19.8 Å². The van der Waals surface area contributed by atoms with Crippen LogP contribution in [-0.2, 0) is 17.9 Å². The Kier molecular flexibility index (Phi) is 4.49. The van der Waals surface area contributed by atoms with Crippen LogP contribution in [0.2, 0.25) is 0 Å². The molecule has 2 aliphatic rings. The molecule has 1 aromatic heterocycles. The molecule has 1 fully saturated rings. The van der Waals surface area contributed by atoms with E-state index in [0.717, 1.165) is 29.9 Å². The van der Waals surface area contributed by atoms with E-state index in [1.807, 2.05) is 23.1 Å². The molecule has 8 heteroatoms. The van der Waals surface area contributed by atoms with Gasteiger partial charge < -0.3 is 14.4 Å². The fourth-order valence-electron chi connectivity index (χ4n) is 3.50. The molecule has 0 spiro atoms. The largest absolute Gasteiger partial charge is 0.486 e. The number of carbonyl (C=O) groups excluding carboxylic acids is 1. The number of hydrogen-bond acceptors (Lipinski definition) is 6. The van der Waals surface area contributed by atoms with Crippen LogP contribution in [0, 0.1) is 0 Å². The highest BCUT2D eigenvalue weighted by Gasteiger charge is 2.27. The molecule has 1 aliphatic carbocycles. The van der Waals surface area contributed by atoms with Crippen LogP contribution < -0.4 is 9.47 Å². The van der Waals surface area contributed by atoms with E-state index in [1.165, 1.54) is 23.9 Å². The summed E-state index contributed by atoms with van der Waals surface area (Å²) < 4.78 is 12.7. The number of tetrazole rings is 1. The molecule has 25 heavy (non-hydrogen) atoms. The van der Waals surface area contributed by atoms with Crippen LogP contribution in [0.5, 0.6) is 11.5 Å². The Hall–Kier alpha value is -2.64. The van der Waals surface area contributed by atoms with Crippen molar-refractivity contribution in [1.82, 2.24) is 25.1 Å². The Morgan fingerprint density at radius 3 is 2.76 bits per heavy atom. The molecule has 2 aromatic rings. The predicted octanol–water partition coefficient (Wildman–Crippen LogP) is 1.42. The van der Waals surface area contributed by atoms with Gasteiger partial charge in [0.1, 0.15) is 26.1 Å². The van der Waals surface area contributed by atoms with E-state index < -0.39 is 0 Å². The maximum Gasteiger partial charge on any atom is 0.244 e. The standard InChI is InChI=1S/C17H21N5O3/c23-17(11-21-12-18-19-20-21)22(14-3-1-2-4-14)10-13-5-6-15-16(9-13)25-8-7-24-15/h5-6,9,12,14H,1-4,7-8,10-11H2. The minimum Gasteiger partial charge on any atom is -0.486 e. The van der Waals surface area contributed by atoms with Gasteiger partial charge in [-0.25, -0.2) is 4.68 Å². The van der Waals surface area contributed by atoms with Gasteiger partial charge in [-0.15, -0.1) is 5.10 Å². The summed E-state index contributed by atoms with van der Waals surface area (Å²) in [4.78, 5) is 14.8. The molecular formula is C17H21N5O3. The quantitative estimate of drug-likeness (QED) is 0.816. The van der Waals surface area contributed by atoms with Gasteiger partial charge in [0.15, 0.2) is 11.5 Å². The second kappa shape index (κ2) is 7.08. The van der Waals surface area contributed by atoms with E-state index in [2.05, 4.69) is 15.5 Å². The third-order valence-corrected chi connectivity index (χ3v) is 4.73. The van der Waals surface area contributed by atoms with E-state index in [1.54, 1.807) is 0 Å². The maximum absolute atomic E-state index is 12.8. The fourth-order valence-corrected chi connectivity index (χ4v) is 3.50. The van der Waals surface area contributed by atoms with E-state index in [4.69, 9.17) is 9.47 Å². The average Bonchev–Trinajstić information content (AvgIpc) is 3.33. The number of rotatable bonds is 5. The fraction of sp³-hybridized carbons (Fsp3) is 0.529. The molecule has 1 aliphatic heterocycles. The van der Waals surface area contributed by atoms with Crippen LogP contribution in [0.4, 0.5) is 0 Å². The zero-order valence-electron chi connectivity index (χ0n) is 14.0. The van der Waals surface area contributed by atoms with Crippen molar-refractivity contribution >= 4 is 5.91 Å². The maximum atomic E-state index is 12.8. The predicted molar refractivity (Wildman–Crippen MR) is 88.1 cm³/mol. The topological polar surface area (TPSA) is 82.4 Å². The molecule has 1 saturated carbocycles. The van der Waals surface area contributed by atoms with Crippen LogP contribution in [-0.4, -0.2) is 50.3 Å². The molecule has 0 saturated heterocycles. The minimum atomic E-state index is 0.0362. The van der Waals surface area contributed by atoms with Gasteiger partial charge in [-0.2, -0.15) is 0 Å². The summed E-state index contributed by atoms with van der Waals surface area (Å²) in [6.07, 6.45) is 5.90. The molecule has 0 radical (unpaired) electrons. The summed E-state index contributed by atoms with van der Waals surface area (Å²) >= 11 is 0. The number of aromatic nitrogens is 4. The second-order valence-corrected chi connectivity index (χ2v) is 6.45. The highest BCUT2D eigenvalue weighted by atomic mass is 16.6. The number of benzene rings is 1. The van der Waals surface area contributed by atoms with Gasteiger partial charge in [0.05, 0.1) is 0 Å². The second-order valence-electron chi connectivity index (χ2n) is 6.45. The third kappa shape index (κ3) is 3.57. The van der Waals surface area contributed by atoms with Crippen molar-refractivity contribution in [2.45, 2.75) is 44.8 Å². The number of fused-ring (bicyclic) bond motifs is 1. The van der Waals surface area contributed by atoms with Crippen molar-refractivity contribution in [3.05, 3.63) is 30.1 Å². The van der Waals surface area contributed by atoms with Gasteiger partial charge in [-0.3, -0.25) is 4.79 Å². The first kappa shape index (κ1) is 15.9. The molecule has 0 atom stereocenters. The molecule has 0 N–H and O–H groups in total. The Labute approximate surface area is 145 Å². The van der Waals surface area contributed by atoms with E-state index in [-0.39, 0.29) is 18.5 Å². The lowest BCUT2D eigenvalue weighted by Crippen LogP contribution is -2.40. The third-order valence-electron chi connectivity index (χ3n) is 4.73. The Morgan fingerprint density at radius 2 is 2.00 bits per heavy atom. The summed E-state index contributed by atoms with van der Waals surface area (Å²) in [5.74, 6) is 1.56. The Balaban J connectivity index is 1.52. The van der Waals surface area contributed by atoms with Gasteiger partial charge >= 0.3 is 0 Å². The molecule has 0 bridgehead atoms. The first-order valence-corrected chi connectivity index (χ1v) is 8.68. The van der Waals surface area contributed by atoms with Crippen molar-refractivity contribution in [3.8, 4) is 11.5 Å². The molecule has 1 amide bonds. The van der Waals surface area contributed by atoms with E-state index >= 15 is 0 Å². The molecule has 2 heterocycles. The van der Waals surface area contributed by atoms with Crippen LogP contribution in [0.3, 0.4) is 0 Å². The lowest BCUT2D eigenvalue weighted by Gasteiger charge is -2.29. The molecule has 4 rings (SSSR count). The number of nitrogens with zero attached hydrogens (tertiary/aromatic N) is 5. The first-order chi connectivity index (χ1) is 12.3. The molecule has 132 valence electrons. The van der Waals surface area contributed by atoms with Gasteiger partial charge in [-0.1, -0.05) is 18.9 Å². The smallest absolute Gasteiger partial charge is 0.244 e. The SMILES string of the molecule is O=C(Cn1cnnn1)N(Cc1ccc2c(c1)OCCO2)C1CCCC1. The van der Waals surface area contributed by atoms with Crippen molar-refractivity contribution in [1.29, 1.82) is 0 Å². The number of ether oxygens (including phenoxy) is 2. The highest BCUT2D eigenvalue weighted by molar-refractivity contribution is 5.76. The Bertz CT molecular complexity index is 728. The van der Waals surface area contributed by atoms with Crippen molar-refractivity contribution < 1.29 is 14.3 Å². The van der Waals surface area contributed by atoms with Gasteiger partial charge in [0.25, 0.3) is 0 Å². The van der Waals surface area contributed by atoms with Crippen LogP contribution in [0.1, 0.15) is 31.2 Å². The number of amides is 1. The van der Waals surface area contributed by atoms with Crippen LogP contribution in [0.15, 0.2) is 24.5 Å². The summed E-state index contributed by atoms with van der Waals surface area (Å²) in [5, 5.41) is 11.0. The Morgan fingerprint density at radius 1 is 1.20 bits per heavy atom. The molecule has 0 unspecified atom stereocenters. The number of carbonyl (C=O) groups is 1. The average molecular weight is 343 g/mol. The van der Waals surface area contributed by atoms with Gasteiger partial charge in [0.2, 0.25) is 5.91 Å². The first-order valence-electron chi connectivity index (χ1n) is 8.68. The normalized spacial score (nSPS) is 16.8. The van der Waals surface area contributed by atoms with Crippen LogP contribution >= 0.6 is 0 Å². The van der Waals surface area contributed by atoms with Crippen LogP contribution in [0.25, 0.3) is 0 Å². The molecule has 8 nitrogen and oxygen atoms in total. The van der Waals surface area contributed by atoms with E-state index in [9.17, 15) is 4.79 Å². The van der Waals surface area contributed by atoms with Crippen molar-refractivity contribution in [2.75, 3.05) is 13.2 Å². The van der Waals surface area contributed by atoms with Crippen molar-refractivity contribution in [2.24, 2.45) is 0 Å². The highest BCUT2D eigenvalue weighted by Crippen LogP contribution is 2.32. The summed E-state index contributed by atoms with van der Waals surface area (Å²) in [6.45, 7) is 1.85. The summed E-state index contributed by atoms with van der Waals surface area (Å²) in [7, 11) is 0. The zero-order valence-corrected chi connectivity index (χ0v) is 14.0.